The Morgan fingerprint density at radius 1 is 1.00 bits per heavy atom. The average molecular weight is 288 g/mol. The summed E-state index contributed by atoms with van der Waals surface area (Å²) in [7, 11) is 0. The highest BCUT2D eigenvalue weighted by molar-refractivity contribution is 5.76. The van der Waals surface area contributed by atoms with E-state index in [9.17, 15) is 0 Å². The van der Waals surface area contributed by atoms with Crippen molar-refractivity contribution in [2.24, 2.45) is 0 Å². The highest BCUT2D eigenvalue weighted by Crippen LogP contribution is 2.22. The van der Waals surface area contributed by atoms with Crippen LogP contribution in [-0.2, 0) is 0 Å². The molecule has 22 heavy (non-hydrogen) atoms. The second-order valence-corrected chi connectivity index (χ2v) is 5.25. The highest BCUT2D eigenvalue weighted by Gasteiger charge is 2.10. The normalized spacial score (nSPS) is 11.9. The van der Waals surface area contributed by atoms with Gasteiger partial charge in [-0.05, 0) is 43.7 Å². The van der Waals surface area contributed by atoms with Crippen LogP contribution < -0.4 is 5.32 Å². The fraction of sp³-hybridized carbons (Fsp3) is 0.167. The fourth-order valence-corrected chi connectivity index (χ4v) is 2.36. The molecule has 1 N–H and O–H groups in total. The molecule has 0 aliphatic rings. The molecule has 1 heterocycles. The van der Waals surface area contributed by atoms with Crippen molar-refractivity contribution >= 4 is 16.9 Å². The quantitative estimate of drug-likeness (QED) is 0.791. The molecule has 0 saturated carbocycles. The minimum absolute atomic E-state index is 0.0851. The standard InChI is InChI=1S/C18H16N4/c1-12(15-9-7-14(11-19)8-10-15)21-18-13(2)20-16-5-3-4-6-17(16)22-18/h3-10,12H,1-2H3,(H,21,22)/t12-/m1/s1. The molecule has 2 aromatic carbocycles. The van der Waals surface area contributed by atoms with Crippen LogP contribution >= 0.6 is 0 Å². The number of hydrogen-bond donors (Lipinski definition) is 1. The molecule has 4 nitrogen and oxygen atoms in total. The van der Waals surface area contributed by atoms with Crippen LogP contribution in [0.4, 0.5) is 5.82 Å². The third-order valence-corrected chi connectivity index (χ3v) is 3.64. The lowest BCUT2D eigenvalue weighted by atomic mass is 10.1. The Labute approximate surface area is 129 Å². The fourth-order valence-electron chi connectivity index (χ4n) is 2.36. The number of rotatable bonds is 3. The zero-order chi connectivity index (χ0) is 15.5. The third-order valence-electron chi connectivity index (χ3n) is 3.64. The van der Waals surface area contributed by atoms with Gasteiger partial charge in [-0.15, -0.1) is 0 Å². The van der Waals surface area contributed by atoms with Gasteiger partial charge < -0.3 is 5.32 Å². The minimum atomic E-state index is 0.0851. The molecular formula is C18H16N4. The topological polar surface area (TPSA) is 61.6 Å². The van der Waals surface area contributed by atoms with Gasteiger partial charge in [-0.25, -0.2) is 9.97 Å². The smallest absolute Gasteiger partial charge is 0.148 e. The van der Waals surface area contributed by atoms with Crippen molar-refractivity contribution < 1.29 is 0 Å². The Hall–Kier alpha value is -2.93. The van der Waals surface area contributed by atoms with Gasteiger partial charge in [-0.2, -0.15) is 5.26 Å². The molecule has 0 fully saturated rings. The van der Waals surface area contributed by atoms with Crippen LogP contribution in [0, 0.1) is 18.3 Å². The Kier molecular flexibility index (Phi) is 3.71. The molecular weight excluding hydrogens is 272 g/mol. The molecule has 0 aliphatic heterocycles. The van der Waals surface area contributed by atoms with Crippen molar-refractivity contribution in [1.82, 2.24) is 9.97 Å². The van der Waals surface area contributed by atoms with Gasteiger partial charge >= 0.3 is 0 Å². The summed E-state index contributed by atoms with van der Waals surface area (Å²) in [6, 6.07) is 17.6. The Morgan fingerprint density at radius 3 is 2.27 bits per heavy atom. The minimum Gasteiger partial charge on any atom is -0.362 e. The van der Waals surface area contributed by atoms with E-state index >= 15 is 0 Å². The van der Waals surface area contributed by atoms with E-state index in [1.807, 2.05) is 55.5 Å². The zero-order valence-corrected chi connectivity index (χ0v) is 12.5. The van der Waals surface area contributed by atoms with Crippen molar-refractivity contribution in [3.63, 3.8) is 0 Å². The number of nitrogens with zero attached hydrogens (tertiary/aromatic N) is 3. The Morgan fingerprint density at radius 2 is 1.64 bits per heavy atom. The Balaban J connectivity index is 1.88. The molecule has 0 bridgehead atoms. The van der Waals surface area contributed by atoms with Crippen LogP contribution in [0.15, 0.2) is 48.5 Å². The molecule has 0 unspecified atom stereocenters. The van der Waals surface area contributed by atoms with E-state index in [0.717, 1.165) is 28.1 Å². The SMILES string of the molecule is Cc1nc2ccccc2nc1N[C@H](C)c1ccc(C#N)cc1. The Bertz CT molecular complexity index is 847. The van der Waals surface area contributed by atoms with E-state index in [2.05, 4.69) is 28.3 Å². The number of nitriles is 1. The second-order valence-electron chi connectivity index (χ2n) is 5.25. The number of fused-ring (bicyclic) bond motifs is 1. The highest BCUT2D eigenvalue weighted by atomic mass is 15.0. The van der Waals surface area contributed by atoms with Crippen LogP contribution in [0.5, 0.6) is 0 Å². The third kappa shape index (κ3) is 2.75. The molecule has 0 spiro atoms. The number of nitrogens with one attached hydrogen (secondary N) is 1. The van der Waals surface area contributed by atoms with Crippen molar-refractivity contribution in [1.29, 1.82) is 5.26 Å². The van der Waals surface area contributed by atoms with Crippen molar-refractivity contribution in [3.05, 3.63) is 65.4 Å². The summed E-state index contributed by atoms with van der Waals surface area (Å²) in [5.41, 5.74) is 4.42. The van der Waals surface area contributed by atoms with Gasteiger partial charge in [0.2, 0.25) is 0 Å². The number of anilines is 1. The maximum absolute atomic E-state index is 8.86. The van der Waals surface area contributed by atoms with E-state index in [0.29, 0.717) is 5.56 Å². The summed E-state index contributed by atoms with van der Waals surface area (Å²) in [5, 5.41) is 12.3. The van der Waals surface area contributed by atoms with Crippen molar-refractivity contribution in [3.8, 4) is 6.07 Å². The largest absolute Gasteiger partial charge is 0.362 e. The summed E-state index contributed by atoms with van der Waals surface area (Å²) in [5.74, 6) is 0.788. The molecule has 0 saturated heterocycles. The number of para-hydroxylation sites is 2. The van der Waals surface area contributed by atoms with Gasteiger partial charge in [0.15, 0.2) is 0 Å². The number of benzene rings is 2. The maximum atomic E-state index is 8.86. The summed E-state index contributed by atoms with van der Waals surface area (Å²) in [6.45, 7) is 4.02. The summed E-state index contributed by atoms with van der Waals surface area (Å²) in [4.78, 5) is 9.23. The van der Waals surface area contributed by atoms with E-state index in [1.54, 1.807) is 0 Å². The van der Waals surface area contributed by atoms with Crippen LogP contribution in [-0.4, -0.2) is 9.97 Å². The predicted molar refractivity (Wildman–Crippen MR) is 87.5 cm³/mol. The first-order valence-corrected chi connectivity index (χ1v) is 7.17. The lowest BCUT2D eigenvalue weighted by Crippen LogP contribution is -2.10. The van der Waals surface area contributed by atoms with Gasteiger partial charge in [0, 0.05) is 0 Å². The van der Waals surface area contributed by atoms with Gasteiger partial charge in [0.1, 0.15) is 5.82 Å². The van der Waals surface area contributed by atoms with E-state index < -0.39 is 0 Å². The molecule has 4 heteroatoms. The molecule has 1 aromatic heterocycles. The molecule has 0 radical (unpaired) electrons. The average Bonchev–Trinajstić information content (AvgIpc) is 2.55. The monoisotopic (exact) mass is 288 g/mol. The lowest BCUT2D eigenvalue weighted by Gasteiger charge is -2.16. The second kappa shape index (κ2) is 5.82. The van der Waals surface area contributed by atoms with Crippen LogP contribution in [0.25, 0.3) is 11.0 Å². The van der Waals surface area contributed by atoms with Crippen LogP contribution in [0.3, 0.4) is 0 Å². The maximum Gasteiger partial charge on any atom is 0.148 e. The molecule has 108 valence electrons. The summed E-state index contributed by atoms with van der Waals surface area (Å²) >= 11 is 0. The molecule has 3 aromatic rings. The first kappa shape index (κ1) is 14.0. The predicted octanol–water partition coefficient (Wildman–Crippen LogP) is 3.98. The van der Waals surface area contributed by atoms with Crippen molar-refractivity contribution in [2.75, 3.05) is 5.32 Å². The van der Waals surface area contributed by atoms with Gasteiger partial charge in [-0.3, -0.25) is 0 Å². The molecule has 0 aliphatic carbocycles. The summed E-state index contributed by atoms with van der Waals surface area (Å²) < 4.78 is 0. The zero-order valence-electron chi connectivity index (χ0n) is 12.5. The first-order chi connectivity index (χ1) is 10.7. The number of aromatic nitrogens is 2. The van der Waals surface area contributed by atoms with E-state index in [-0.39, 0.29) is 6.04 Å². The molecule has 1 atom stereocenters. The van der Waals surface area contributed by atoms with Gasteiger partial charge in [-0.1, -0.05) is 24.3 Å². The van der Waals surface area contributed by atoms with Gasteiger partial charge in [0.05, 0.1) is 34.4 Å². The van der Waals surface area contributed by atoms with Crippen LogP contribution in [0.1, 0.15) is 29.8 Å². The number of hydrogen-bond acceptors (Lipinski definition) is 4. The lowest BCUT2D eigenvalue weighted by molar-refractivity contribution is 0.869. The summed E-state index contributed by atoms with van der Waals surface area (Å²) in [6.07, 6.45) is 0. The number of aryl methyl sites for hydroxylation is 1. The van der Waals surface area contributed by atoms with E-state index in [1.165, 1.54) is 0 Å². The van der Waals surface area contributed by atoms with Crippen LogP contribution in [0.2, 0.25) is 0 Å². The molecule has 0 amide bonds. The van der Waals surface area contributed by atoms with Gasteiger partial charge in [0.25, 0.3) is 0 Å². The molecule has 3 rings (SSSR count). The van der Waals surface area contributed by atoms with Crippen molar-refractivity contribution in [2.45, 2.75) is 19.9 Å². The van der Waals surface area contributed by atoms with E-state index in [4.69, 9.17) is 5.26 Å². The first-order valence-electron chi connectivity index (χ1n) is 7.17.